The van der Waals surface area contributed by atoms with Crippen molar-refractivity contribution in [1.29, 1.82) is 0 Å². The Morgan fingerprint density at radius 1 is 1.32 bits per heavy atom. The van der Waals surface area contributed by atoms with Gasteiger partial charge >= 0.3 is 0 Å². The van der Waals surface area contributed by atoms with Crippen molar-refractivity contribution in [3.05, 3.63) is 29.1 Å². The zero-order valence-corrected chi connectivity index (χ0v) is 12.8. The Kier molecular flexibility index (Phi) is 5.06. The third kappa shape index (κ3) is 3.75. The van der Waals surface area contributed by atoms with Crippen LogP contribution >= 0.6 is 0 Å². The molecule has 1 aromatic carbocycles. The number of nitrogens with one attached hydrogen (secondary N) is 1. The fraction of sp³-hybridized carbons (Fsp3) is 0.538. The van der Waals surface area contributed by atoms with Crippen molar-refractivity contribution in [3.63, 3.8) is 0 Å². The molecule has 6 heteroatoms. The lowest BCUT2D eigenvalue weighted by molar-refractivity contribution is 0.516. The van der Waals surface area contributed by atoms with Crippen LogP contribution in [0.4, 0.5) is 4.39 Å². The van der Waals surface area contributed by atoms with Crippen LogP contribution < -0.4 is 5.32 Å². The van der Waals surface area contributed by atoms with Gasteiger partial charge in [0.25, 0.3) is 0 Å². The molecule has 4 nitrogen and oxygen atoms in total. The molecular formula is C13H21FN2O2S. The van der Waals surface area contributed by atoms with E-state index < -0.39 is 15.8 Å². The molecule has 1 aromatic rings. The zero-order valence-electron chi connectivity index (χ0n) is 12.0. The third-order valence-electron chi connectivity index (χ3n) is 2.83. The average Bonchev–Trinajstić information content (AvgIpc) is 2.29. The highest BCUT2D eigenvalue weighted by molar-refractivity contribution is 7.89. The topological polar surface area (TPSA) is 49.4 Å². The second kappa shape index (κ2) is 5.98. The van der Waals surface area contributed by atoms with Gasteiger partial charge in [-0.05, 0) is 24.6 Å². The molecule has 19 heavy (non-hydrogen) atoms. The summed E-state index contributed by atoms with van der Waals surface area (Å²) in [5, 5.41) is 3.14. The van der Waals surface area contributed by atoms with Gasteiger partial charge in [0.2, 0.25) is 10.0 Å². The Balaban J connectivity index is 3.25. The Bertz CT molecular complexity index is 554. The van der Waals surface area contributed by atoms with Gasteiger partial charge in [-0.3, -0.25) is 0 Å². The quantitative estimate of drug-likeness (QED) is 0.900. The number of nitrogens with zero attached hydrogens (tertiary/aromatic N) is 1. The minimum Gasteiger partial charge on any atom is -0.310 e. The monoisotopic (exact) mass is 288 g/mol. The number of rotatable bonds is 5. The fourth-order valence-corrected chi connectivity index (χ4v) is 2.77. The van der Waals surface area contributed by atoms with Crippen LogP contribution in [0.1, 0.15) is 25.0 Å². The van der Waals surface area contributed by atoms with E-state index in [0.717, 1.165) is 4.31 Å². The Hall–Kier alpha value is -0.980. The maximum absolute atomic E-state index is 13.8. The van der Waals surface area contributed by atoms with Gasteiger partial charge in [-0.1, -0.05) is 13.8 Å². The first kappa shape index (κ1) is 16.1. The van der Waals surface area contributed by atoms with E-state index in [2.05, 4.69) is 5.32 Å². The smallest absolute Gasteiger partial charge is 0.242 e. The number of sulfonamides is 1. The van der Waals surface area contributed by atoms with Crippen molar-refractivity contribution in [1.82, 2.24) is 9.62 Å². The average molecular weight is 288 g/mol. The predicted molar refractivity (Wildman–Crippen MR) is 74.0 cm³/mol. The maximum Gasteiger partial charge on any atom is 0.242 e. The summed E-state index contributed by atoms with van der Waals surface area (Å²) in [4.78, 5) is 0.0260. The first-order valence-electron chi connectivity index (χ1n) is 6.11. The highest BCUT2D eigenvalue weighted by Gasteiger charge is 2.22. The molecule has 0 spiro atoms. The highest BCUT2D eigenvalue weighted by Crippen LogP contribution is 2.22. The van der Waals surface area contributed by atoms with Crippen LogP contribution in [0.2, 0.25) is 0 Å². The summed E-state index contributed by atoms with van der Waals surface area (Å²) in [5.74, 6) is -0.497. The van der Waals surface area contributed by atoms with E-state index in [0.29, 0.717) is 12.1 Å². The Labute approximate surface area is 114 Å². The van der Waals surface area contributed by atoms with Crippen molar-refractivity contribution >= 4 is 10.0 Å². The van der Waals surface area contributed by atoms with Gasteiger partial charge in [0.05, 0.1) is 4.90 Å². The van der Waals surface area contributed by atoms with Crippen LogP contribution in [-0.2, 0) is 16.6 Å². The van der Waals surface area contributed by atoms with Gasteiger partial charge in [0.15, 0.2) is 0 Å². The molecule has 0 saturated heterocycles. The van der Waals surface area contributed by atoms with Crippen LogP contribution in [0.5, 0.6) is 0 Å². The number of hydrogen-bond acceptors (Lipinski definition) is 3. The fourth-order valence-electron chi connectivity index (χ4n) is 1.60. The zero-order chi connectivity index (χ0) is 14.8. The predicted octanol–water partition coefficient (Wildman–Crippen LogP) is 1.88. The second-order valence-corrected chi connectivity index (χ2v) is 7.14. The van der Waals surface area contributed by atoms with Gasteiger partial charge in [0.1, 0.15) is 5.82 Å². The molecule has 0 radical (unpaired) electrons. The number of benzene rings is 1. The lowest BCUT2D eigenvalue weighted by Crippen LogP contribution is -2.25. The molecule has 0 aliphatic heterocycles. The van der Waals surface area contributed by atoms with Gasteiger partial charge < -0.3 is 5.32 Å². The van der Waals surface area contributed by atoms with Gasteiger partial charge in [-0.15, -0.1) is 0 Å². The standard InChI is InChI=1S/C13H21FN2O2S/c1-9(2)15-8-11-6-12(14)10(3)13(7-11)19(17,18)16(4)5/h6-7,9,15H,8H2,1-5H3. The molecule has 0 bridgehead atoms. The summed E-state index contributed by atoms with van der Waals surface area (Å²) in [6.07, 6.45) is 0. The third-order valence-corrected chi connectivity index (χ3v) is 4.77. The molecule has 0 heterocycles. The van der Waals surface area contributed by atoms with Crippen molar-refractivity contribution in [3.8, 4) is 0 Å². The highest BCUT2D eigenvalue weighted by atomic mass is 32.2. The molecule has 0 aliphatic rings. The minimum absolute atomic E-state index is 0.0260. The van der Waals surface area contributed by atoms with Crippen LogP contribution in [0.25, 0.3) is 0 Å². The first-order chi connectivity index (χ1) is 8.66. The van der Waals surface area contributed by atoms with Crippen molar-refractivity contribution in [2.75, 3.05) is 14.1 Å². The van der Waals surface area contributed by atoms with Crippen LogP contribution in [0.3, 0.4) is 0 Å². The summed E-state index contributed by atoms with van der Waals surface area (Å²) in [6, 6.07) is 3.15. The van der Waals surface area contributed by atoms with E-state index in [9.17, 15) is 12.8 Å². The van der Waals surface area contributed by atoms with Crippen molar-refractivity contribution in [2.45, 2.75) is 38.3 Å². The molecule has 0 aromatic heterocycles. The first-order valence-corrected chi connectivity index (χ1v) is 7.55. The van der Waals surface area contributed by atoms with Crippen LogP contribution in [-0.4, -0.2) is 32.9 Å². The van der Waals surface area contributed by atoms with E-state index in [1.165, 1.54) is 33.2 Å². The molecule has 108 valence electrons. The maximum atomic E-state index is 13.8. The van der Waals surface area contributed by atoms with Gasteiger partial charge in [0, 0.05) is 32.2 Å². The normalized spacial score (nSPS) is 12.4. The van der Waals surface area contributed by atoms with E-state index in [4.69, 9.17) is 0 Å². The van der Waals surface area contributed by atoms with E-state index in [1.54, 1.807) is 0 Å². The molecule has 0 saturated carbocycles. The molecule has 0 amide bonds. The lowest BCUT2D eigenvalue weighted by Gasteiger charge is -2.16. The van der Waals surface area contributed by atoms with Gasteiger partial charge in [-0.2, -0.15) is 0 Å². The number of hydrogen-bond donors (Lipinski definition) is 1. The molecule has 0 fully saturated rings. The van der Waals surface area contributed by atoms with Crippen LogP contribution in [0.15, 0.2) is 17.0 Å². The second-order valence-electron chi connectivity index (χ2n) is 5.02. The van der Waals surface area contributed by atoms with Crippen LogP contribution in [0, 0.1) is 12.7 Å². The Morgan fingerprint density at radius 3 is 2.37 bits per heavy atom. The molecule has 0 aliphatic carbocycles. The SMILES string of the molecule is Cc1c(F)cc(CNC(C)C)cc1S(=O)(=O)N(C)C. The summed E-state index contributed by atoms with van der Waals surface area (Å²) in [7, 11) is -0.753. The largest absolute Gasteiger partial charge is 0.310 e. The molecular weight excluding hydrogens is 267 g/mol. The lowest BCUT2D eigenvalue weighted by atomic mass is 10.1. The van der Waals surface area contributed by atoms with E-state index >= 15 is 0 Å². The number of halogens is 1. The molecule has 1 rings (SSSR count). The summed E-state index contributed by atoms with van der Waals surface area (Å²) in [6.45, 7) is 5.86. The Morgan fingerprint density at radius 2 is 1.89 bits per heavy atom. The summed E-state index contributed by atoms with van der Waals surface area (Å²) >= 11 is 0. The molecule has 0 atom stereocenters. The van der Waals surface area contributed by atoms with E-state index in [-0.39, 0.29) is 16.5 Å². The summed E-state index contributed by atoms with van der Waals surface area (Å²) in [5.41, 5.74) is 0.777. The molecule has 1 N–H and O–H groups in total. The minimum atomic E-state index is -3.63. The van der Waals surface area contributed by atoms with Crippen molar-refractivity contribution < 1.29 is 12.8 Å². The molecule has 0 unspecified atom stereocenters. The van der Waals surface area contributed by atoms with Crippen molar-refractivity contribution in [2.24, 2.45) is 0 Å². The summed E-state index contributed by atoms with van der Waals surface area (Å²) < 4.78 is 39.2. The van der Waals surface area contributed by atoms with E-state index in [1.807, 2.05) is 13.8 Å². The van der Waals surface area contributed by atoms with Gasteiger partial charge in [-0.25, -0.2) is 17.1 Å².